The van der Waals surface area contributed by atoms with Gasteiger partial charge in [-0.25, -0.2) is 4.39 Å². The molecule has 20 heavy (non-hydrogen) atoms. The molecular weight excluding hydrogens is 361 g/mol. The van der Waals surface area contributed by atoms with E-state index in [1.807, 2.05) is 11.8 Å². The lowest BCUT2D eigenvalue weighted by Gasteiger charge is -2.26. The van der Waals surface area contributed by atoms with E-state index in [1.54, 1.807) is 6.07 Å². The molecule has 0 radical (unpaired) electrons. The number of fused-ring (bicyclic) bond motifs is 1. The molecule has 1 aliphatic heterocycles. The Balaban J connectivity index is 1.85. The zero-order valence-corrected chi connectivity index (χ0v) is 14.1. The zero-order valence-electron chi connectivity index (χ0n) is 10.9. The average molecular weight is 376 g/mol. The zero-order chi connectivity index (χ0) is 14.1. The van der Waals surface area contributed by atoms with Gasteiger partial charge in [0.15, 0.2) is 4.77 Å². The largest absolute Gasteiger partial charge is 0.330 e. The lowest BCUT2D eigenvalue weighted by molar-refractivity contribution is 0.290. The summed E-state index contributed by atoms with van der Waals surface area (Å²) in [5, 5.41) is 0. The van der Waals surface area contributed by atoms with Gasteiger partial charge in [0.25, 0.3) is 0 Å². The van der Waals surface area contributed by atoms with Crippen LogP contribution < -0.4 is 0 Å². The number of nitrogens with one attached hydrogen (secondary N) is 1. The first kappa shape index (κ1) is 14.6. The van der Waals surface area contributed by atoms with Crippen LogP contribution in [0.1, 0.15) is 0 Å². The molecule has 3 nitrogen and oxygen atoms in total. The summed E-state index contributed by atoms with van der Waals surface area (Å²) in [6.07, 6.45) is 0. The van der Waals surface area contributed by atoms with Gasteiger partial charge in [-0.2, -0.15) is 11.8 Å². The number of hydrogen-bond acceptors (Lipinski definition) is 3. The summed E-state index contributed by atoms with van der Waals surface area (Å²) in [6, 6.07) is 3.28. The highest BCUT2D eigenvalue weighted by molar-refractivity contribution is 9.10. The normalized spacial score (nSPS) is 16.9. The number of nitrogens with zero attached hydrogens (tertiary/aromatic N) is 2. The second-order valence-corrected chi connectivity index (χ2v) is 7.29. The van der Waals surface area contributed by atoms with Gasteiger partial charge in [0.05, 0.1) is 15.5 Å². The Kier molecular flexibility index (Phi) is 4.49. The molecule has 7 heteroatoms. The second kappa shape index (κ2) is 6.17. The molecule has 0 bridgehead atoms. The number of benzene rings is 1. The molecule has 0 aliphatic carbocycles. The molecule has 0 atom stereocenters. The topological polar surface area (TPSA) is 24.0 Å². The van der Waals surface area contributed by atoms with Crippen LogP contribution in [-0.4, -0.2) is 45.6 Å². The fourth-order valence-corrected chi connectivity index (χ4v) is 4.05. The molecule has 2 aromatic rings. The molecule has 1 saturated heterocycles. The summed E-state index contributed by atoms with van der Waals surface area (Å²) < 4.78 is 16.7. The van der Waals surface area contributed by atoms with Crippen molar-refractivity contribution in [3.8, 4) is 0 Å². The Morgan fingerprint density at radius 3 is 2.80 bits per heavy atom. The third kappa shape index (κ3) is 2.95. The summed E-state index contributed by atoms with van der Waals surface area (Å²) in [4.78, 5) is 5.53. The van der Waals surface area contributed by atoms with Crippen molar-refractivity contribution in [1.82, 2.24) is 14.5 Å². The van der Waals surface area contributed by atoms with Crippen molar-refractivity contribution >= 4 is 50.9 Å². The molecule has 108 valence electrons. The summed E-state index contributed by atoms with van der Waals surface area (Å²) in [6.45, 7) is 4.09. The molecule has 0 amide bonds. The van der Waals surface area contributed by atoms with Crippen molar-refractivity contribution in [2.24, 2.45) is 0 Å². The Morgan fingerprint density at radius 1 is 1.30 bits per heavy atom. The number of aromatic amines is 1. The van der Waals surface area contributed by atoms with E-state index in [2.05, 4.69) is 30.4 Å². The van der Waals surface area contributed by atoms with Crippen molar-refractivity contribution in [2.75, 3.05) is 31.1 Å². The van der Waals surface area contributed by atoms with Gasteiger partial charge in [0.1, 0.15) is 5.82 Å². The smallest absolute Gasteiger partial charge is 0.178 e. The van der Waals surface area contributed by atoms with Gasteiger partial charge in [0.2, 0.25) is 0 Å². The lowest BCUT2D eigenvalue weighted by Crippen LogP contribution is -2.35. The predicted molar refractivity (Wildman–Crippen MR) is 88.5 cm³/mol. The van der Waals surface area contributed by atoms with Crippen molar-refractivity contribution < 1.29 is 4.39 Å². The molecule has 1 N–H and O–H groups in total. The van der Waals surface area contributed by atoms with Crippen LogP contribution in [0.25, 0.3) is 11.0 Å². The molecule has 0 saturated carbocycles. The van der Waals surface area contributed by atoms with Gasteiger partial charge in [-0.1, -0.05) is 0 Å². The maximum Gasteiger partial charge on any atom is 0.178 e. The van der Waals surface area contributed by atoms with Crippen molar-refractivity contribution in [1.29, 1.82) is 0 Å². The highest BCUT2D eigenvalue weighted by atomic mass is 79.9. The third-order valence-electron chi connectivity index (χ3n) is 3.56. The Labute approximate surface area is 134 Å². The van der Waals surface area contributed by atoms with Crippen molar-refractivity contribution in [2.45, 2.75) is 6.54 Å². The highest BCUT2D eigenvalue weighted by Crippen LogP contribution is 2.23. The summed E-state index contributed by atoms with van der Waals surface area (Å²) >= 11 is 10.6. The van der Waals surface area contributed by atoms with E-state index in [-0.39, 0.29) is 5.82 Å². The standard InChI is InChI=1S/C13H15BrFN3S2/c14-9-7-12-11(8-10(9)15)16-13(19)18(12)2-1-17-3-5-20-6-4-17/h7-8H,1-6H2,(H,16,19). The number of hydrogen-bond donors (Lipinski definition) is 1. The number of rotatable bonds is 3. The fraction of sp³-hybridized carbons (Fsp3) is 0.462. The highest BCUT2D eigenvalue weighted by Gasteiger charge is 2.12. The quantitative estimate of drug-likeness (QED) is 0.828. The van der Waals surface area contributed by atoms with Crippen molar-refractivity contribution in [3.05, 3.63) is 27.2 Å². The number of aromatic nitrogens is 2. The summed E-state index contributed by atoms with van der Waals surface area (Å²) in [5.74, 6) is 2.14. The molecule has 1 aliphatic rings. The van der Waals surface area contributed by atoms with Gasteiger partial charge in [-0.05, 0) is 34.2 Å². The van der Waals surface area contributed by atoms with Crippen LogP contribution in [0.3, 0.4) is 0 Å². The maximum atomic E-state index is 13.5. The third-order valence-corrected chi connectivity index (χ3v) is 5.43. The molecule has 1 aromatic heterocycles. The first-order chi connectivity index (χ1) is 9.65. The summed E-state index contributed by atoms with van der Waals surface area (Å²) in [5.41, 5.74) is 1.71. The minimum absolute atomic E-state index is 0.269. The second-order valence-electron chi connectivity index (χ2n) is 4.82. The monoisotopic (exact) mass is 375 g/mol. The number of halogens is 2. The maximum absolute atomic E-state index is 13.5. The van der Waals surface area contributed by atoms with Crippen LogP contribution in [0.5, 0.6) is 0 Å². The van der Waals surface area contributed by atoms with E-state index in [0.29, 0.717) is 9.24 Å². The van der Waals surface area contributed by atoms with Crippen LogP contribution in [0.15, 0.2) is 16.6 Å². The number of thioether (sulfide) groups is 1. The molecular formula is C13H15BrFN3S2. The first-order valence-corrected chi connectivity index (χ1v) is 8.88. The van der Waals surface area contributed by atoms with E-state index in [1.165, 1.54) is 17.6 Å². The van der Waals surface area contributed by atoms with Gasteiger partial charge in [0, 0.05) is 43.8 Å². The lowest BCUT2D eigenvalue weighted by atomic mass is 10.3. The number of imidazole rings is 1. The van der Waals surface area contributed by atoms with E-state index in [0.717, 1.165) is 37.2 Å². The van der Waals surface area contributed by atoms with E-state index in [9.17, 15) is 4.39 Å². The van der Waals surface area contributed by atoms with E-state index < -0.39 is 0 Å². The van der Waals surface area contributed by atoms with Gasteiger partial charge < -0.3 is 9.55 Å². The number of H-pyrrole nitrogens is 1. The minimum Gasteiger partial charge on any atom is -0.330 e. The van der Waals surface area contributed by atoms with Crippen LogP contribution in [0.2, 0.25) is 0 Å². The molecule has 0 unspecified atom stereocenters. The van der Waals surface area contributed by atoms with Crippen LogP contribution >= 0.6 is 39.9 Å². The Morgan fingerprint density at radius 2 is 2.05 bits per heavy atom. The Hall–Kier alpha value is -0.370. The van der Waals surface area contributed by atoms with Crippen LogP contribution in [-0.2, 0) is 6.54 Å². The SMILES string of the molecule is Fc1cc2[nH]c(=S)n(CCN3CCSCC3)c2cc1Br. The van der Waals surface area contributed by atoms with Crippen LogP contribution in [0, 0.1) is 10.6 Å². The average Bonchev–Trinajstić information content (AvgIpc) is 2.73. The molecule has 2 heterocycles. The van der Waals surface area contributed by atoms with Crippen molar-refractivity contribution in [3.63, 3.8) is 0 Å². The molecule has 1 fully saturated rings. The van der Waals surface area contributed by atoms with Gasteiger partial charge in [-0.15, -0.1) is 0 Å². The summed E-state index contributed by atoms with van der Waals surface area (Å²) in [7, 11) is 0. The van der Waals surface area contributed by atoms with Crippen LogP contribution in [0.4, 0.5) is 4.39 Å². The molecule has 1 aromatic carbocycles. The van der Waals surface area contributed by atoms with E-state index >= 15 is 0 Å². The predicted octanol–water partition coefficient (Wildman–Crippen LogP) is 3.65. The Bertz CT molecular complexity index is 676. The molecule has 0 spiro atoms. The van der Waals surface area contributed by atoms with Gasteiger partial charge in [-0.3, -0.25) is 4.90 Å². The van der Waals surface area contributed by atoms with Gasteiger partial charge >= 0.3 is 0 Å². The minimum atomic E-state index is -0.269. The fourth-order valence-electron chi connectivity index (χ4n) is 2.44. The van der Waals surface area contributed by atoms with E-state index in [4.69, 9.17) is 12.2 Å². The molecule has 3 rings (SSSR count). The first-order valence-electron chi connectivity index (χ1n) is 6.53.